The number of anilines is 1. The van der Waals surface area contributed by atoms with Crippen molar-refractivity contribution in [2.24, 2.45) is 0 Å². The van der Waals surface area contributed by atoms with Crippen molar-refractivity contribution in [3.63, 3.8) is 0 Å². The Kier molecular flexibility index (Phi) is 4.79. The Hall–Kier alpha value is -3.10. The third kappa shape index (κ3) is 3.57. The van der Waals surface area contributed by atoms with Crippen LogP contribution in [-0.2, 0) is 11.3 Å². The summed E-state index contributed by atoms with van der Waals surface area (Å²) in [6, 6.07) is 4.96. The minimum atomic E-state index is -0.585. The zero-order valence-corrected chi connectivity index (χ0v) is 12.9. The number of amides is 1. The number of nitrogens with zero attached hydrogens (tertiary/aromatic N) is 3. The van der Waals surface area contributed by atoms with Gasteiger partial charge in [-0.3, -0.25) is 9.36 Å². The zero-order valence-electron chi connectivity index (χ0n) is 12.9. The number of ether oxygens (including phenoxy) is 2. The highest BCUT2D eigenvalue weighted by Crippen LogP contribution is 2.29. The number of hydrogen-bond acceptors (Lipinski definition) is 6. The molecule has 1 amide bonds. The lowest BCUT2D eigenvalue weighted by molar-refractivity contribution is -0.389. The van der Waals surface area contributed by atoms with Crippen LogP contribution < -0.4 is 14.8 Å². The molecule has 0 saturated heterocycles. The fourth-order valence-electron chi connectivity index (χ4n) is 2.04. The van der Waals surface area contributed by atoms with Gasteiger partial charge in [-0.05, 0) is 29.0 Å². The van der Waals surface area contributed by atoms with Crippen LogP contribution in [0, 0.1) is 17.0 Å². The van der Waals surface area contributed by atoms with Gasteiger partial charge in [0.1, 0.15) is 12.2 Å². The molecule has 0 aliphatic rings. The summed E-state index contributed by atoms with van der Waals surface area (Å²) >= 11 is 0. The molecular weight excluding hydrogens is 304 g/mol. The van der Waals surface area contributed by atoms with Crippen molar-refractivity contribution < 1.29 is 19.2 Å². The lowest BCUT2D eigenvalue weighted by Crippen LogP contribution is -2.19. The van der Waals surface area contributed by atoms with Gasteiger partial charge in [-0.25, -0.2) is 0 Å². The van der Waals surface area contributed by atoms with Crippen LogP contribution in [0.15, 0.2) is 24.5 Å². The summed E-state index contributed by atoms with van der Waals surface area (Å²) < 4.78 is 11.7. The van der Waals surface area contributed by atoms with E-state index in [1.165, 1.54) is 32.0 Å². The number of aromatic nitrogens is 2. The number of carbonyl (C=O) groups is 1. The largest absolute Gasteiger partial charge is 0.493 e. The summed E-state index contributed by atoms with van der Waals surface area (Å²) in [5.41, 5.74) is 0.845. The third-order valence-electron chi connectivity index (χ3n) is 3.23. The first-order valence-corrected chi connectivity index (χ1v) is 6.64. The van der Waals surface area contributed by atoms with Crippen LogP contribution >= 0.6 is 0 Å². The van der Waals surface area contributed by atoms with Gasteiger partial charge in [0.25, 0.3) is 0 Å². The van der Waals surface area contributed by atoms with Gasteiger partial charge in [0.15, 0.2) is 11.5 Å². The van der Waals surface area contributed by atoms with E-state index in [9.17, 15) is 14.9 Å². The predicted octanol–water partition coefficient (Wildman–Crippen LogP) is 1.76. The molecule has 0 bridgehead atoms. The summed E-state index contributed by atoms with van der Waals surface area (Å²) in [5, 5.41) is 13.4. The van der Waals surface area contributed by atoms with E-state index in [2.05, 4.69) is 10.3 Å². The molecule has 0 unspecified atom stereocenters. The minimum Gasteiger partial charge on any atom is -0.493 e. The molecule has 2 aromatic rings. The Labute approximate surface area is 132 Å². The van der Waals surface area contributed by atoms with Gasteiger partial charge in [0, 0.05) is 11.8 Å². The lowest BCUT2D eigenvalue weighted by Gasteiger charge is -2.11. The zero-order chi connectivity index (χ0) is 17.0. The van der Waals surface area contributed by atoms with E-state index >= 15 is 0 Å². The molecule has 1 aromatic heterocycles. The second-order valence-corrected chi connectivity index (χ2v) is 4.66. The number of nitrogens with one attached hydrogen (secondary N) is 1. The number of carbonyl (C=O) groups excluding carboxylic acids is 1. The second kappa shape index (κ2) is 6.77. The van der Waals surface area contributed by atoms with Gasteiger partial charge in [-0.15, -0.1) is 0 Å². The van der Waals surface area contributed by atoms with Gasteiger partial charge in [-0.1, -0.05) is 0 Å². The average Bonchev–Trinajstić information content (AvgIpc) is 2.88. The lowest BCUT2D eigenvalue weighted by atomic mass is 10.2. The molecule has 1 aromatic carbocycles. The van der Waals surface area contributed by atoms with Crippen molar-refractivity contribution in [2.75, 3.05) is 19.5 Å². The Morgan fingerprint density at radius 3 is 2.61 bits per heavy atom. The number of nitro groups is 1. The first-order chi connectivity index (χ1) is 11.0. The Morgan fingerprint density at radius 1 is 1.35 bits per heavy atom. The maximum Gasteiger partial charge on any atom is 0.384 e. The van der Waals surface area contributed by atoms with Crippen LogP contribution in [0.5, 0.6) is 11.5 Å². The van der Waals surface area contributed by atoms with E-state index < -0.39 is 4.92 Å². The summed E-state index contributed by atoms with van der Waals surface area (Å²) in [7, 11) is 3.02. The smallest absolute Gasteiger partial charge is 0.384 e. The van der Waals surface area contributed by atoms with E-state index in [0.717, 1.165) is 0 Å². The van der Waals surface area contributed by atoms with Gasteiger partial charge < -0.3 is 24.9 Å². The Morgan fingerprint density at radius 2 is 2.04 bits per heavy atom. The molecule has 0 radical (unpaired) electrons. The molecule has 9 nitrogen and oxygen atoms in total. The first kappa shape index (κ1) is 16.3. The molecule has 2 rings (SSSR count). The first-order valence-electron chi connectivity index (χ1n) is 6.64. The van der Waals surface area contributed by atoms with E-state index in [0.29, 0.717) is 22.9 Å². The minimum absolute atomic E-state index is 0.0823. The topological polar surface area (TPSA) is 109 Å². The van der Waals surface area contributed by atoms with Crippen molar-refractivity contribution in [1.29, 1.82) is 0 Å². The summed E-state index contributed by atoms with van der Waals surface area (Å²) in [5.74, 6) is 0.433. The second-order valence-electron chi connectivity index (χ2n) is 4.66. The quantitative estimate of drug-likeness (QED) is 0.641. The van der Waals surface area contributed by atoms with Gasteiger partial charge >= 0.3 is 5.82 Å². The SMILES string of the molecule is COc1ccc(NC(=O)Cn2cnc([N+](=O)[O-])c2C)cc1OC. The molecule has 0 saturated carbocycles. The molecule has 0 spiro atoms. The van der Waals surface area contributed by atoms with E-state index in [-0.39, 0.29) is 18.3 Å². The number of benzene rings is 1. The summed E-state index contributed by atoms with van der Waals surface area (Å²) in [4.78, 5) is 25.9. The van der Waals surface area contributed by atoms with Crippen molar-refractivity contribution >= 4 is 17.4 Å². The van der Waals surface area contributed by atoms with Crippen LogP contribution in [0.25, 0.3) is 0 Å². The Bertz CT molecular complexity index is 741. The number of hydrogen-bond donors (Lipinski definition) is 1. The summed E-state index contributed by atoms with van der Waals surface area (Å²) in [6.07, 6.45) is 1.27. The van der Waals surface area contributed by atoms with Crippen LogP contribution in [0.3, 0.4) is 0 Å². The molecule has 9 heteroatoms. The van der Waals surface area contributed by atoms with Crippen LogP contribution in [0.4, 0.5) is 11.5 Å². The molecule has 0 fully saturated rings. The van der Waals surface area contributed by atoms with Crippen molar-refractivity contribution in [2.45, 2.75) is 13.5 Å². The maximum atomic E-state index is 12.1. The van der Waals surface area contributed by atoms with Crippen LogP contribution in [0.2, 0.25) is 0 Å². The molecule has 23 heavy (non-hydrogen) atoms. The molecular formula is C14H16N4O5. The number of imidazole rings is 1. The molecule has 0 aliphatic carbocycles. The van der Waals surface area contributed by atoms with E-state index in [4.69, 9.17) is 9.47 Å². The van der Waals surface area contributed by atoms with Crippen molar-refractivity contribution in [3.05, 3.63) is 40.3 Å². The fourth-order valence-corrected chi connectivity index (χ4v) is 2.04. The van der Waals surface area contributed by atoms with Crippen molar-refractivity contribution in [3.8, 4) is 11.5 Å². The van der Waals surface area contributed by atoms with Gasteiger partial charge in [0.2, 0.25) is 12.2 Å². The third-order valence-corrected chi connectivity index (χ3v) is 3.23. The highest BCUT2D eigenvalue weighted by molar-refractivity contribution is 5.91. The summed E-state index contributed by atoms with van der Waals surface area (Å²) in [6.45, 7) is 1.45. The molecule has 0 atom stereocenters. The van der Waals surface area contributed by atoms with Crippen molar-refractivity contribution in [1.82, 2.24) is 9.55 Å². The van der Waals surface area contributed by atoms with Crippen LogP contribution in [0.1, 0.15) is 5.69 Å². The monoisotopic (exact) mass is 320 g/mol. The number of methoxy groups -OCH3 is 2. The Balaban J connectivity index is 2.09. The fraction of sp³-hybridized carbons (Fsp3) is 0.286. The van der Waals surface area contributed by atoms with E-state index in [1.54, 1.807) is 18.2 Å². The molecule has 1 N–H and O–H groups in total. The standard InChI is InChI=1S/C14H16N4O5/c1-9-14(18(20)21)15-8-17(9)7-13(19)16-10-4-5-11(22-2)12(6-10)23-3/h4-6,8H,7H2,1-3H3,(H,16,19). The van der Waals surface area contributed by atoms with E-state index in [1.807, 2.05) is 0 Å². The maximum absolute atomic E-state index is 12.1. The highest BCUT2D eigenvalue weighted by Gasteiger charge is 2.19. The van der Waals surface area contributed by atoms with Gasteiger partial charge in [-0.2, -0.15) is 0 Å². The molecule has 1 heterocycles. The molecule has 122 valence electrons. The number of rotatable bonds is 6. The molecule has 0 aliphatic heterocycles. The van der Waals surface area contributed by atoms with Gasteiger partial charge in [0.05, 0.1) is 14.2 Å². The van der Waals surface area contributed by atoms with Crippen LogP contribution in [-0.4, -0.2) is 34.6 Å². The predicted molar refractivity (Wildman–Crippen MR) is 81.8 cm³/mol. The average molecular weight is 320 g/mol. The highest BCUT2D eigenvalue weighted by atomic mass is 16.6. The normalized spacial score (nSPS) is 10.2.